The summed E-state index contributed by atoms with van der Waals surface area (Å²) in [6.45, 7) is 2.59. The Kier molecular flexibility index (Phi) is 4.80. The molecule has 1 N–H and O–H groups in total. The highest BCUT2D eigenvalue weighted by molar-refractivity contribution is 7.14. The Balaban J connectivity index is 1.50. The van der Waals surface area contributed by atoms with Crippen LogP contribution in [0.25, 0.3) is 22.4 Å². The van der Waals surface area contributed by atoms with E-state index in [-0.39, 0.29) is 5.91 Å². The molecule has 6 heteroatoms. The van der Waals surface area contributed by atoms with Gasteiger partial charge in [0, 0.05) is 23.7 Å². The molecule has 2 heterocycles. The van der Waals surface area contributed by atoms with Crippen molar-refractivity contribution in [2.45, 2.75) is 13.5 Å². The Morgan fingerprint density at radius 1 is 1.00 bits per heavy atom. The van der Waals surface area contributed by atoms with Crippen molar-refractivity contribution < 1.29 is 4.79 Å². The average molecular weight is 374 g/mol. The Hall–Kier alpha value is -3.25. The first-order valence-corrected chi connectivity index (χ1v) is 9.57. The van der Waals surface area contributed by atoms with Crippen molar-refractivity contribution in [2.75, 3.05) is 5.32 Å². The molecule has 0 spiro atoms. The summed E-state index contributed by atoms with van der Waals surface area (Å²) in [6, 6.07) is 20.2. The molecule has 4 rings (SSSR count). The molecule has 0 unspecified atom stereocenters. The summed E-state index contributed by atoms with van der Waals surface area (Å²) in [5.41, 5.74) is 4.74. The third-order valence-corrected chi connectivity index (χ3v) is 5.02. The number of thiazole rings is 1. The molecule has 0 bridgehead atoms. The zero-order valence-electron chi connectivity index (χ0n) is 14.8. The van der Waals surface area contributed by atoms with Crippen LogP contribution >= 0.6 is 11.3 Å². The number of nitrogens with one attached hydrogen (secondary N) is 1. The van der Waals surface area contributed by atoms with Gasteiger partial charge in [0.15, 0.2) is 5.13 Å². The largest absolute Gasteiger partial charge is 0.296 e. The molecule has 5 nitrogen and oxygen atoms in total. The fraction of sp³-hybridized carbons (Fsp3) is 0.0952. The van der Waals surface area contributed by atoms with Crippen LogP contribution < -0.4 is 5.32 Å². The molecule has 0 saturated carbocycles. The molecular formula is C21H18N4OS. The number of carbonyl (C=O) groups excluding carboxylic acids is 1. The van der Waals surface area contributed by atoms with Crippen molar-refractivity contribution >= 4 is 22.4 Å². The lowest BCUT2D eigenvalue weighted by Crippen LogP contribution is -2.17. The number of hydrogen-bond donors (Lipinski definition) is 1. The van der Waals surface area contributed by atoms with Gasteiger partial charge in [-0.3, -0.25) is 14.8 Å². The van der Waals surface area contributed by atoms with E-state index in [2.05, 4.69) is 51.8 Å². The van der Waals surface area contributed by atoms with Gasteiger partial charge in [0.1, 0.15) is 5.69 Å². The van der Waals surface area contributed by atoms with E-state index in [0.717, 1.165) is 16.8 Å². The highest BCUT2D eigenvalue weighted by Crippen LogP contribution is 2.27. The molecule has 0 aliphatic heterocycles. The van der Waals surface area contributed by atoms with E-state index in [0.29, 0.717) is 17.4 Å². The van der Waals surface area contributed by atoms with Gasteiger partial charge in [-0.05, 0) is 24.1 Å². The van der Waals surface area contributed by atoms with Crippen LogP contribution in [0.1, 0.15) is 17.4 Å². The van der Waals surface area contributed by atoms with Crippen molar-refractivity contribution in [1.82, 2.24) is 14.8 Å². The van der Waals surface area contributed by atoms with Gasteiger partial charge in [0.05, 0.1) is 5.69 Å². The lowest BCUT2D eigenvalue weighted by Gasteiger charge is -2.04. The third-order valence-electron chi connectivity index (χ3n) is 4.26. The molecule has 1 amide bonds. The Morgan fingerprint density at radius 2 is 1.70 bits per heavy atom. The quantitative estimate of drug-likeness (QED) is 0.538. The van der Waals surface area contributed by atoms with E-state index < -0.39 is 0 Å². The first-order valence-electron chi connectivity index (χ1n) is 8.69. The van der Waals surface area contributed by atoms with E-state index in [1.165, 1.54) is 16.9 Å². The van der Waals surface area contributed by atoms with E-state index >= 15 is 0 Å². The van der Waals surface area contributed by atoms with E-state index in [4.69, 9.17) is 0 Å². The second-order valence-electron chi connectivity index (χ2n) is 5.97. The van der Waals surface area contributed by atoms with E-state index in [1.54, 1.807) is 16.9 Å². The van der Waals surface area contributed by atoms with Gasteiger partial charge in [0.2, 0.25) is 0 Å². The fourth-order valence-corrected chi connectivity index (χ4v) is 3.58. The zero-order chi connectivity index (χ0) is 18.6. The SMILES string of the molecule is CCn1nccc1C(=O)Nc1nc(-c2ccc(-c3ccccc3)cc2)cs1. The molecule has 4 aromatic rings. The molecule has 27 heavy (non-hydrogen) atoms. The van der Waals surface area contributed by atoms with Crippen molar-refractivity contribution in [3.63, 3.8) is 0 Å². The number of anilines is 1. The van der Waals surface area contributed by atoms with Crippen molar-refractivity contribution in [2.24, 2.45) is 0 Å². The van der Waals surface area contributed by atoms with Gasteiger partial charge in [-0.2, -0.15) is 5.10 Å². The molecule has 134 valence electrons. The number of aromatic nitrogens is 3. The van der Waals surface area contributed by atoms with Gasteiger partial charge in [-0.15, -0.1) is 11.3 Å². The monoisotopic (exact) mass is 374 g/mol. The number of rotatable bonds is 5. The van der Waals surface area contributed by atoms with Crippen LogP contribution in [0.5, 0.6) is 0 Å². The lowest BCUT2D eigenvalue weighted by atomic mass is 10.0. The maximum absolute atomic E-state index is 12.4. The van der Waals surface area contributed by atoms with Crippen LogP contribution in [0.4, 0.5) is 5.13 Å². The van der Waals surface area contributed by atoms with Gasteiger partial charge in [-0.25, -0.2) is 4.98 Å². The molecule has 0 saturated heterocycles. The number of nitrogens with zero attached hydrogens (tertiary/aromatic N) is 3. The van der Waals surface area contributed by atoms with Gasteiger partial charge < -0.3 is 0 Å². The summed E-state index contributed by atoms with van der Waals surface area (Å²) in [5, 5.41) is 9.50. The molecule has 0 radical (unpaired) electrons. The summed E-state index contributed by atoms with van der Waals surface area (Å²) < 4.78 is 1.66. The Bertz CT molecular complexity index is 1050. The standard InChI is InChI=1S/C21H18N4OS/c1-2-25-19(12-13-22-25)20(26)24-21-23-18(14-27-21)17-10-8-16(9-11-17)15-6-4-3-5-7-15/h3-14H,2H2,1H3,(H,23,24,26). The zero-order valence-corrected chi connectivity index (χ0v) is 15.6. The fourth-order valence-electron chi connectivity index (χ4n) is 2.87. The molecule has 0 aliphatic rings. The van der Waals surface area contributed by atoms with Gasteiger partial charge in [-0.1, -0.05) is 54.6 Å². The second-order valence-corrected chi connectivity index (χ2v) is 6.83. The number of carbonyl (C=O) groups is 1. The minimum absolute atomic E-state index is 0.199. The molecule has 0 fully saturated rings. The molecular weight excluding hydrogens is 356 g/mol. The smallest absolute Gasteiger partial charge is 0.275 e. The highest BCUT2D eigenvalue weighted by Gasteiger charge is 2.13. The van der Waals surface area contributed by atoms with Crippen LogP contribution in [0.2, 0.25) is 0 Å². The topological polar surface area (TPSA) is 59.8 Å². The summed E-state index contributed by atoms with van der Waals surface area (Å²) in [4.78, 5) is 16.9. The van der Waals surface area contributed by atoms with Gasteiger partial charge in [0.25, 0.3) is 5.91 Å². The summed E-state index contributed by atoms with van der Waals surface area (Å²) in [6.07, 6.45) is 1.62. The molecule has 0 atom stereocenters. The number of hydrogen-bond acceptors (Lipinski definition) is 4. The van der Waals surface area contributed by atoms with Crippen LogP contribution in [0, 0.1) is 0 Å². The minimum Gasteiger partial charge on any atom is -0.296 e. The maximum atomic E-state index is 12.4. The predicted octanol–water partition coefficient (Wildman–Crippen LogP) is 4.95. The van der Waals surface area contributed by atoms with Crippen LogP contribution in [-0.2, 0) is 6.54 Å². The number of benzene rings is 2. The van der Waals surface area contributed by atoms with Gasteiger partial charge >= 0.3 is 0 Å². The predicted molar refractivity (Wildman–Crippen MR) is 109 cm³/mol. The maximum Gasteiger partial charge on any atom is 0.275 e. The first-order chi connectivity index (χ1) is 13.2. The third kappa shape index (κ3) is 3.66. The van der Waals surface area contributed by atoms with Crippen LogP contribution in [0.3, 0.4) is 0 Å². The Labute approximate surface area is 161 Å². The molecule has 2 aromatic heterocycles. The summed E-state index contributed by atoms with van der Waals surface area (Å²) in [5.74, 6) is -0.199. The van der Waals surface area contributed by atoms with Crippen molar-refractivity contribution in [1.29, 1.82) is 0 Å². The first kappa shape index (κ1) is 17.2. The van der Waals surface area contributed by atoms with Crippen LogP contribution in [-0.4, -0.2) is 20.7 Å². The average Bonchev–Trinajstić information content (AvgIpc) is 3.38. The Morgan fingerprint density at radius 3 is 2.44 bits per heavy atom. The summed E-state index contributed by atoms with van der Waals surface area (Å²) >= 11 is 1.41. The van der Waals surface area contributed by atoms with Crippen molar-refractivity contribution in [3.05, 3.63) is 77.9 Å². The normalized spacial score (nSPS) is 10.7. The highest BCUT2D eigenvalue weighted by atomic mass is 32.1. The van der Waals surface area contributed by atoms with E-state index in [1.807, 2.05) is 30.5 Å². The lowest BCUT2D eigenvalue weighted by molar-refractivity contribution is 0.101. The van der Waals surface area contributed by atoms with Crippen molar-refractivity contribution in [3.8, 4) is 22.4 Å². The van der Waals surface area contributed by atoms with Crippen LogP contribution in [0.15, 0.2) is 72.2 Å². The summed E-state index contributed by atoms with van der Waals surface area (Å²) in [7, 11) is 0. The molecule has 2 aromatic carbocycles. The minimum atomic E-state index is -0.199. The molecule has 0 aliphatic carbocycles. The van der Waals surface area contributed by atoms with E-state index in [9.17, 15) is 4.79 Å². The second kappa shape index (κ2) is 7.55. The number of amides is 1. The number of aryl methyl sites for hydroxylation is 1.